The minimum atomic E-state index is -1.59. The molecule has 0 aromatic rings. The average Bonchev–Trinajstić information content (AvgIpc) is 3.31. The van der Waals surface area contributed by atoms with Gasteiger partial charge in [-0.25, -0.2) is 0 Å². The Hall–Kier alpha value is -2.63. The molecule has 0 aromatic carbocycles. The fourth-order valence-corrected chi connectivity index (χ4v) is 7.80. The van der Waals surface area contributed by atoms with Gasteiger partial charge in [0.1, 0.15) is 24.4 Å². The molecule has 65 heavy (non-hydrogen) atoms. The molecule has 0 aliphatic carbocycles. The Morgan fingerprint density at radius 3 is 1.48 bits per heavy atom. The van der Waals surface area contributed by atoms with Crippen molar-refractivity contribution in [3.05, 3.63) is 85.1 Å². The summed E-state index contributed by atoms with van der Waals surface area (Å²) in [5.41, 5.74) is 0. The van der Waals surface area contributed by atoms with Gasteiger partial charge in [0.2, 0.25) is 5.91 Å². The molecular weight excluding hydrogens is 815 g/mol. The Morgan fingerprint density at radius 1 is 0.538 bits per heavy atom. The van der Waals surface area contributed by atoms with E-state index in [9.17, 15) is 30.3 Å². The summed E-state index contributed by atoms with van der Waals surface area (Å²) in [5, 5.41) is 54.3. The number of rotatable bonds is 43. The maximum Gasteiger partial charge on any atom is 0.220 e. The van der Waals surface area contributed by atoms with Gasteiger partial charge in [-0.1, -0.05) is 214 Å². The van der Waals surface area contributed by atoms with E-state index in [1.807, 2.05) is 6.08 Å². The molecule has 7 atom stereocenters. The highest BCUT2D eigenvalue weighted by atomic mass is 16.7. The molecular formula is C56H97NO8. The monoisotopic (exact) mass is 912 g/mol. The molecule has 0 aromatic heterocycles. The van der Waals surface area contributed by atoms with E-state index in [2.05, 4.69) is 92.1 Å². The van der Waals surface area contributed by atoms with Crippen LogP contribution in [0.3, 0.4) is 0 Å². The zero-order valence-corrected chi connectivity index (χ0v) is 41.2. The van der Waals surface area contributed by atoms with E-state index in [4.69, 9.17) is 9.47 Å². The third-order valence-electron chi connectivity index (χ3n) is 12.0. The lowest BCUT2D eigenvalue weighted by atomic mass is 9.99. The van der Waals surface area contributed by atoms with E-state index in [1.54, 1.807) is 6.08 Å². The van der Waals surface area contributed by atoms with Gasteiger partial charge in [0, 0.05) is 6.42 Å². The molecule has 0 saturated carbocycles. The first-order chi connectivity index (χ1) is 31.8. The minimum Gasteiger partial charge on any atom is -0.394 e. The van der Waals surface area contributed by atoms with Gasteiger partial charge in [-0.05, 0) is 70.6 Å². The summed E-state index contributed by atoms with van der Waals surface area (Å²) < 4.78 is 11.2. The number of aliphatic hydroxyl groups is 5. The zero-order chi connectivity index (χ0) is 47.3. The predicted molar refractivity (Wildman–Crippen MR) is 271 cm³/mol. The van der Waals surface area contributed by atoms with Gasteiger partial charge in [-0.2, -0.15) is 0 Å². The molecule has 9 heteroatoms. The molecule has 0 radical (unpaired) electrons. The molecule has 7 unspecified atom stereocenters. The number of carbonyl (C=O) groups excluding carboxylic acids is 1. The smallest absolute Gasteiger partial charge is 0.220 e. The van der Waals surface area contributed by atoms with Crippen LogP contribution in [0, 0.1) is 0 Å². The number of ether oxygens (including phenoxy) is 2. The van der Waals surface area contributed by atoms with Gasteiger partial charge in [-0.3, -0.25) is 4.79 Å². The van der Waals surface area contributed by atoms with Gasteiger partial charge in [-0.15, -0.1) is 0 Å². The summed E-state index contributed by atoms with van der Waals surface area (Å²) in [6, 6.07) is -0.857. The second kappa shape index (κ2) is 45.2. The van der Waals surface area contributed by atoms with Crippen LogP contribution in [-0.4, -0.2) is 87.5 Å². The van der Waals surface area contributed by atoms with Crippen molar-refractivity contribution in [3.8, 4) is 0 Å². The van der Waals surface area contributed by atoms with Crippen molar-refractivity contribution in [2.24, 2.45) is 0 Å². The van der Waals surface area contributed by atoms with Crippen LogP contribution in [0.15, 0.2) is 85.1 Å². The Bertz CT molecular complexity index is 1290. The van der Waals surface area contributed by atoms with Gasteiger partial charge in [0.15, 0.2) is 6.29 Å². The molecule has 6 N–H and O–H groups in total. The minimum absolute atomic E-state index is 0.228. The van der Waals surface area contributed by atoms with E-state index < -0.39 is 49.5 Å². The molecule has 1 amide bonds. The normalized spacial score (nSPS) is 20.6. The molecule has 0 bridgehead atoms. The van der Waals surface area contributed by atoms with Gasteiger partial charge < -0.3 is 40.3 Å². The molecule has 1 saturated heterocycles. The van der Waals surface area contributed by atoms with Gasteiger partial charge >= 0.3 is 0 Å². The Morgan fingerprint density at radius 2 is 0.969 bits per heavy atom. The third kappa shape index (κ3) is 35.2. The average molecular weight is 912 g/mol. The number of allylic oxidation sites excluding steroid dienone is 13. The van der Waals surface area contributed by atoms with Crippen LogP contribution < -0.4 is 5.32 Å². The van der Waals surface area contributed by atoms with Crippen LogP contribution in [0.1, 0.15) is 206 Å². The summed E-state index contributed by atoms with van der Waals surface area (Å²) in [5.74, 6) is -0.245. The number of unbranched alkanes of at least 4 members (excludes halogenated alkanes) is 21. The van der Waals surface area contributed by atoms with E-state index in [-0.39, 0.29) is 18.9 Å². The van der Waals surface area contributed by atoms with Crippen LogP contribution in [0.5, 0.6) is 0 Å². The van der Waals surface area contributed by atoms with Crippen molar-refractivity contribution in [2.75, 3.05) is 13.2 Å². The number of amides is 1. The van der Waals surface area contributed by atoms with E-state index in [1.165, 1.54) is 122 Å². The zero-order valence-electron chi connectivity index (χ0n) is 41.2. The first kappa shape index (κ1) is 60.4. The molecule has 1 rings (SSSR count). The maximum atomic E-state index is 13.0. The molecule has 1 fully saturated rings. The van der Waals surface area contributed by atoms with E-state index in [0.717, 1.165) is 57.8 Å². The molecule has 1 heterocycles. The maximum absolute atomic E-state index is 13.0. The quantitative estimate of drug-likeness (QED) is 0.0262. The van der Waals surface area contributed by atoms with Crippen LogP contribution in [0.2, 0.25) is 0 Å². The Kier molecular flexibility index (Phi) is 42.0. The summed E-state index contributed by atoms with van der Waals surface area (Å²) in [6.07, 6.45) is 56.5. The van der Waals surface area contributed by atoms with Crippen LogP contribution in [0.4, 0.5) is 0 Å². The largest absolute Gasteiger partial charge is 0.394 e. The number of hydrogen-bond donors (Lipinski definition) is 6. The lowest BCUT2D eigenvalue weighted by Gasteiger charge is -2.40. The standard InChI is InChI=1S/C56H97NO8/c1-3-5-7-9-11-13-15-17-19-21-22-23-24-25-26-27-28-30-31-33-35-37-39-41-43-45-50(59)49(48-64-56-55(63)54(62)53(61)51(47-58)65-56)57-52(60)46-44-42-40-38-36-34-32-29-20-18-16-14-12-10-8-6-4-2/h6,8,12,14,18,20,32,34-35,37-38,40,43,45,49-51,53-56,58-59,61-63H,3-5,7,9-11,13,15-17,19,21-31,33,36,39,41-42,44,46-48H2,1-2H3,(H,57,60)/b8-6-,14-12-,20-18-,34-32-,37-35+,40-38-,45-43+. The van der Waals surface area contributed by atoms with Crippen molar-refractivity contribution >= 4 is 5.91 Å². The molecule has 0 spiro atoms. The summed E-state index contributed by atoms with van der Waals surface area (Å²) in [4.78, 5) is 13.0. The van der Waals surface area contributed by atoms with Crippen molar-refractivity contribution in [2.45, 2.75) is 249 Å². The van der Waals surface area contributed by atoms with Crippen LogP contribution >= 0.6 is 0 Å². The second-order valence-electron chi connectivity index (χ2n) is 17.9. The molecule has 1 aliphatic rings. The molecule has 9 nitrogen and oxygen atoms in total. The van der Waals surface area contributed by atoms with Crippen LogP contribution in [-0.2, 0) is 14.3 Å². The van der Waals surface area contributed by atoms with Crippen molar-refractivity contribution in [1.82, 2.24) is 5.32 Å². The SMILES string of the molecule is CC/C=C\C/C=C\C/C=C\C/C=C\C/C=C\CCCC(=O)NC(COC1OC(CO)C(O)C(O)C1O)C(O)/C=C/CC/C=C/CCCCCCCCCCCCCCCCCCCCC. The van der Waals surface area contributed by atoms with Crippen molar-refractivity contribution in [1.29, 1.82) is 0 Å². The number of aliphatic hydroxyl groups excluding tert-OH is 5. The van der Waals surface area contributed by atoms with Crippen molar-refractivity contribution in [3.63, 3.8) is 0 Å². The highest BCUT2D eigenvalue weighted by Crippen LogP contribution is 2.22. The molecule has 1 aliphatic heterocycles. The summed E-state index contributed by atoms with van der Waals surface area (Å²) >= 11 is 0. The van der Waals surface area contributed by atoms with E-state index in [0.29, 0.717) is 6.42 Å². The second-order valence-corrected chi connectivity index (χ2v) is 17.9. The highest BCUT2D eigenvalue weighted by Gasteiger charge is 2.44. The predicted octanol–water partition coefficient (Wildman–Crippen LogP) is 12.3. The first-order valence-corrected chi connectivity index (χ1v) is 26.3. The van der Waals surface area contributed by atoms with Crippen molar-refractivity contribution < 1.29 is 39.8 Å². The Labute approximate surface area is 397 Å². The topological polar surface area (TPSA) is 149 Å². The number of hydrogen-bond acceptors (Lipinski definition) is 8. The summed E-state index contributed by atoms with van der Waals surface area (Å²) in [6.45, 7) is 3.61. The number of carbonyl (C=O) groups is 1. The lowest BCUT2D eigenvalue weighted by molar-refractivity contribution is -0.302. The summed E-state index contributed by atoms with van der Waals surface area (Å²) in [7, 11) is 0. The number of nitrogens with one attached hydrogen (secondary N) is 1. The third-order valence-corrected chi connectivity index (χ3v) is 12.0. The van der Waals surface area contributed by atoms with Crippen LogP contribution in [0.25, 0.3) is 0 Å². The first-order valence-electron chi connectivity index (χ1n) is 26.3. The highest BCUT2D eigenvalue weighted by molar-refractivity contribution is 5.76. The lowest BCUT2D eigenvalue weighted by Crippen LogP contribution is -2.60. The molecule has 374 valence electrons. The van der Waals surface area contributed by atoms with Gasteiger partial charge in [0.05, 0.1) is 25.4 Å². The Balaban J connectivity index is 2.33. The fourth-order valence-electron chi connectivity index (χ4n) is 7.80. The van der Waals surface area contributed by atoms with Gasteiger partial charge in [0.25, 0.3) is 0 Å². The van der Waals surface area contributed by atoms with E-state index >= 15 is 0 Å². The fraction of sp³-hybridized carbons (Fsp3) is 0.732.